The van der Waals surface area contributed by atoms with E-state index in [1.807, 2.05) is 61.5 Å². The Morgan fingerprint density at radius 3 is 2.25 bits per heavy atom. The number of hydrogen-bond acceptors (Lipinski definition) is 5. The minimum atomic E-state index is -0.335. The molecule has 0 radical (unpaired) electrons. The molecule has 0 saturated carbocycles. The van der Waals surface area contributed by atoms with Crippen molar-refractivity contribution in [3.8, 4) is 11.5 Å². The van der Waals surface area contributed by atoms with Gasteiger partial charge in [-0.2, -0.15) is 5.10 Å². The van der Waals surface area contributed by atoms with E-state index in [-0.39, 0.29) is 12.5 Å². The molecule has 6 heteroatoms. The summed E-state index contributed by atoms with van der Waals surface area (Å²) in [5.41, 5.74) is 5.16. The molecule has 0 bridgehead atoms. The Morgan fingerprint density at radius 2 is 1.57 bits per heavy atom. The van der Waals surface area contributed by atoms with Gasteiger partial charge in [0, 0.05) is 18.0 Å². The van der Waals surface area contributed by atoms with E-state index in [0.717, 1.165) is 16.9 Å². The number of hydrazone groups is 1. The summed E-state index contributed by atoms with van der Waals surface area (Å²) < 4.78 is 11.2. The molecule has 0 saturated heterocycles. The number of rotatable bonds is 8. The molecule has 142 valence electrons. The molecule has 2 aromatic carbocycles. The summed E-state index contributed by atoms with van der Waals surface area (Å²) in [7, 11) is 0. The van der Waals surface area contributed by atoms with E-state index in [1.165, 1.54) is 0 Å². The van der Waals surface area contributed by atoms with Crippen molar-refractivity contribution >= 4 is 11.6 Å². The maximum atomic E-state index is 11.9. The normalized spacial score (nSPS) is 11.0. The Hall–Kier alpha value is -3.67. The number of benzene rings is 2. The number of nitrogens with zero attached hydrogens (tertiary/aromatic N) is 2. The van der Waals surface area contributed by atoms with Crippen LogP contribution in [0.15, 0.2) is 84.2 Å². The molecule has 0 aliphatic rings. The van der Waals surface area contributed by atoms with Crippen molar-refractivity contribution < 1.29 is 14.3 Å². The number of nitrogens with one attached hydrogen (secondary N) is 1. The van der Waals surface area contributed by atoms with Crippen molar-refractivity contribution in [2.24, 2.45) is 5.10 Å². The summed E-state index contributed by atoms with van der Waals surface area (Å²) in [5, 5.41) is 4.06. The lowest BCUT2D eigenvalue weighted by Crippen LogP contribution is -2.25. The number of carbonyl (C=O) groups excluding carboxylic acids is 1. The second-order valence-electron chi connectivity index (χ2n) is 6.00. The predicted molar refractivity (Wildman–Crippen MR) is 107 cm³/mol. The minimum Gasteiger partial charge on any atom is -0.489 e. The minimum absolute atomic E-state index is 0.128. The molecule has 0 fully saturated rings. The van der Waals surface area contributed by atoms with Gasteiger partial charge in [0.25, 0.3) is 5.91 Å². The van der Waals surface area contributed by atoms with Crippen molar-refractivity contribution in [3.05, 3.63) is 90.3 Å². The van der Waals surface area contributed by atoms with E-state index in [2.05, 4.69) is 15.5 Å². The van der Waals surface area contributed by atoms with Crippen LogP contribution in [-0.2, 0) is 11.4 Å². The van der Waals surface area contributed by atoms with Crippen LogP contribution in [-0.4, -0.2) is 23.2 Å². The van der Waals surface area contributed by atoms with E-state index in [4.69, 9.17) is 9.47 Å². The quantitative estimate of drug-likeness (QED) is 0.482. The van der Waals surface area contributed by atoms with Crippen LogP contribution in [0.4, 0.5) is 0 Å². The van der Waals surface area contributed by atoms with Gasteiger partial charge in [0.05, 0.1) is 5.71 Å². The molecule has 0 spiro atoms. The Balaban J connectivity index is 1.43. The highest BCUT2D eigenvalue weighted by molar-refractivity contribution is 5.99. The van der Waals surface area contributed by atoms with E-state index in [0.29, 0.717) is 18.1 Å². The van der Waals surface area contributed by atoms with Gasteiger partial charge in [0.15, 0.2) is 6.61 Å². The van der Waals surface area contributed by atoms with E-state index in [1.54, 1.807) is 24.5 Å². The molecule has 3 rings (SSSR count). The molecule has 1 heterocycles. The number of pyridine rings is 1. The molecule has 6 nitrogen and oxygen atoms in total. The fourth-order valence-electron chi connectivity index (χ4n) is 2.36. The van der Waals surface area contributed by atoms with Gasteiger partial charge >= 0.3 is 0 Å². The maximum absolute atomic E-state index is 11.9. The highest BCUT2D eigenvalue weighted by Gasteiger charge is 2.04. The first kappa shape index (κ1) is 19.1. The van der Waals surface area contributed by atoms with Crippen LogP contribution in [0.25, 0.3) is 0 Å². The zero-order valence-electron chi connectivity index (χ0n) is 15.5. The van der Waals surface area contributed by atoms with Crippen molar-refractivity contribution in [2.75, 3.05) is 6.61 Å². The highest BCUT2D eigenvalue weighted by Crippen LogP contribution is 2.18. The van der Waals surface area contributed by atoms with Gasteiger partial charge in [-0.15, -0.1) is 0 Å². The van der Waals surface area contributed by atoms with Gasteiger partial charge < -0.3 is 9.47 Å². The van der Waals surface area contributed by atoms with Crippen LogP contribution in [0.5, 0.6) is 11.5 Å². The average molecular weight is 375 g/mol. The topological polar surface area (TPSA) is 72.8 Å². The monoisotopic (exact) mass is 375 g/mol. The van der Waals surface area contributed by atoms with Crippen LogP contribution in [0, 0.1) is 0 Å². The number of ether oxygens (including phenoxy) is 2. The lowest BCUT2D eigenvalue weighted by Gasteiger charge is -2.08. The van der Waals surface area contributed by atoms with Gasteiger partial charge in [-0.25, -0.2) is 5.43 Å². The number of carbonyl (C=O) groups is 1. The molecule has 1 amide bonds. The molecule has 0 unspecified atom stereocenters. The molecule has 1 N–H and O–H groups in total. The summed E-state index contributed by atoms with van der Waals surface area (Å²) in [5.74, 6) is 0.980. The zero-order chi connectivity index (χ0) is 19.6. The van der Waals surface area contributed by atoms with E-state index >= 15 is 0 Å². The summed E-state index contributed by atoms with van der Waals surface area (Å²) in [4.78, 5) is 15.8. The molecule has 3 aromatic rings. The molecule has 28 heavy (non-hydrogen) atoms. The average Bonchev–Trinajstić information content (AvgIpc) is 2.76. The molecule has 0 atom stereocenters. The number of aromatic nitrogens is 1. The van der Waals surface area contributed by atoms with Crippen molar-refractivity contribution in [1.29, 1.82) is 0 Å². The lowest BCUT2D eigenvalue weighted by atomic mass is 10.2. The molecule has 1 aromatic heterocycles. The Morgan fingerprint density at radius 1 is 0.929 bits per heavy atom. The second-order valence-corrected chi connectivity index (χ2v) is 6.00. The third-order valence-corrected chi connectivity index (χ3v) is 3.89. The maximum Gasteiger partial charge on any atom is 0.277 e. The Bertz CT molecular complexity index is 911. The van der Waals surface area contributed by atoms with Crippen LogP contribution in [0.2, 0.25) is 0 Å². The third-order valence-electron chi connectivity index (χ3n) is 3.89. The first-order valence-electron chi connectivity index (χ1n) is 8.84. The molecule has 0 aliphatic heterocycles. The fourth-order valence-corrected chi connectivity index (χ4v) is 2.36. The van der Waals surface area contributed by atoms with Crippen LogP contribution >= 0.6 is 0 Å². The molecular formula is C22H21N3O3. The molecule has 0 aliphatic carbocycles. The SMILES string of the molecule is C/C(=N\NC(=O)COc1ccc(OCc2ccccc2)cc1)c1ccncc1. The van der Waals surface area contributed by atoms with Crippen LogP contribution in [0.3, 0.4) is 0 Å². The lowest BCUT2D eigenvalue weighted by molar-refractivity contribution is -0.123. The van der Waals surface area contributed by atoms with Gasteiger partial charge in [-0.3, -0.25) is 9.78 Å². The van der Waals surface area contributed by atoms with Crippen molar-refractivity contribution in [1.82, 2.24) is 10.4 Å². The smallest absolute Gasteiger partial charge is 0.277 e. The van der Waals surface area contributed by atoms with Gasteiger partial charge in [0.2, 0.25) is 0 Å². The summed E-state index contributed by atoms with van der Waals surface area (Å²) in [6.07, 6.45) is 3.35. The fraction of sp³-hybridized carbons (Fsp3) is 0.136. The standard InChI is InChI=1S/C22H21N3O3/c1-17(19-11-13-23-14-12-19)24-25-22(26)16-28-21-9-7-20(8-10-21)27-15-18-5-3-2-4-6-18/h2-14H,15-16H2,1H3,(H,25,26)/b24-17+. The van der Waals surface area contributed by atoms with Gasteiger partial charge in [-0.1, -0.05) is 30.3 Å². The molecular weight excluding hydrogens is 354 g/mol. The summed E-state index contributed by atoms with van der Waals surface area (Å²) >= 11 is 0. The number of amides is 1. The van der Waals surface area contributed by atoms with Crippen LogP contribution < -0.4 is 14.9 Å². The van der Waals surface area contributed by atoms with Crippen LogP contribution in [0.1, 0.15) is 18.1 Å². The largest absolute Gasteiger partial charge is 0.489 e. The highest BCUT2D eigenvalue weighted by atomic mass is 16.5. The first-order valence-corrected chi connectivity index (χ1v) is 8.84. The zero-order valence-corrected chi connectivity index (χ0v) is 15.5. The number of hydrogen-bond donors (Lipinski definition) is 1. The van der Waals surface area contributed by atoms with E-state index < -0.39 is 0 Å². The Kier molecular flexibility index (Phi) is 6.73. The van der Waals surface area contributed by atoms with Crippen molar-refractivity contribution in [3.63, 3.8) is 0 Å². The Labute approximate surface area is 163 Å². The summed E-state index contributed by atoms with van der Waals surface area (Å²) in [6, 6.07) is 20.7. The third kappa shape index (κ3) is 5.95. The van der Waals surface area contributed by atoms with E-state index in [9.17, 15) is 4.79 Å². The second kappa shape index (κ2) is 9.87. The summed E-state index contributed by atoms with van der Waals surface area (Å²) in [6.45, 7) is 2.18. The van der Waals surface area contributed by atoms with Crippen molar-refractivity contribution in [2.45, 2.75) is 13.5 Å². The predicted octanol–water partition coefficient (Wildman–Crippen LogP) is 3.58. The van der Waals surface area contributed by atoms with Gasteiger partial charge in [-0.05, 0) is 48.9 Å². The first-order chi connectivity index (χ1) is 13.7. The van der Waals surface area contributed by atoms with Gasteiger partial charge in [0.1, 0.15) is 18.1 Å².